The van der Waals surface area contributed by atoms with Gasteiger partial charge < -0.3 is 18.9 Å². The molecule has 2 rings (SSSR count). The molecule has 0 aromatic heterocycles. The Labute approximate surface area is 150 Å². The molecular formula is C20H30O5. The number of carbonyl (C=O) groups excluding carboxylic acids is 1. The lowest BCUT2D eigenvalue weighted by atomic mass is 9.84. The monoisotopic (exact) mass is 350 g/mol. The third kappa shape index (κ3) is 6.01. The summed E-state index contributed by atoms with van der Waals surface area (Å²) >= 11 is 0. The van der Waals surface area contributed by atoms with Gasteiger partial charge in [0.2, 0.25) is 0 Å². The van der Waals surface area contributed by atoms with Crippen LogP contribution >= 0.6 is 0 Å². The fourth-order valence-corrected chi connectivity index (χ4v) is 2.79. The van der Waals surface area contributed by atoms with E-state index in [-0.39, 0.29) is 5.41 Å². The topological polar surface area (TPSA) is 54.0 Å². The Morgan fingerprint density at radius 2 is 1.88 bits per heavy atom. The summed E-state index contributed by atoms with van der Waals surface area (Å²) in [5.74, 6) is 1.28. The first-order chi connectivity index (χ1) is 12.2. The highest BCUT2D eigenvalue weighted by Crippen LogP contribution is 2.31. The zero-order chi connectivity index (χ0) is 18.0. The highest BCUT2D eigenvalue weighted by molar-refractivity contribution is 5.76. The number of unbranched alkanes of at least 4 members (excludes halogenated alkanes) is 3. The molecule has 140 valence electrons. The van der Waals surface area contributed by atoms with E-state index >= 15 is 0 Å². The van der Waals surface area contributed by atoms with Crippen LogP contribution in [0.1, 0.15) is 49.4 Å². The van der Waals surface area contributed by atoms with E-state index in [0.717, 1.165) is 64.8 Å². The molecule has 0 radical (unpaired) electrons. The van der Waals surface area contributed by atoms with Gasteiger partial charge >= 0.3 is 0 Å². The number of hydrogen-bond acceptors (Lipinski definition) is 5. The van der Waals surface area contributed by atoms with E-state index in [9.17, 15) is 4.79 Å². The molecule has 1 fully saturated rings. The van der Waals surface area contributed by atoms with Crippen molar-refractivity contribution in [1.82, 2.24) is 0 Å². The highest BCUT2D eigenvalue weighted by atomic mass is 16.5. The van der Waals surface area contributed by atoms with Crippen molar-refractivity contribution in [3.63, 3.8) is 0 Å². The SMILES string of the molecule is CCC1(COCCCCCCOc2ccc(C=O)cc2OC)COC1. The number of carbonyl (C=O) groups is 1. The van der Waals surface area contributed by atoms with Crippen LogP contribution in [0.4, 0.5) is 0 Å². The standard InChI is InChI=1S/C20H30O5/c1-3-20(15-24-16-20)14-23-10-6-4-5-7-11-25-18-9-8-17(13-21)12-19(18)22-2/h8-9,12-13H,3-7,10-11,14-16H2,1-2H3. The van der Waals surface area contributed by atoms with Gasteiger partial charge in [0.05, 0.1) is 33.5 Å². The molecule has 25 heavy (non-hydrogen) atoms. The van der Waals surface area contributed by atoms with E-state index in [1.54, 1.807) is 25.3 Å². The Morgan fingerprint density at radius 1 is 1.12 bits per heavy atom. The van der Waals surface area contributed by atoms with Crippen molar-refractivity contribution in [3.05, 3.63) is 23.8 Å². The van der Waals surface area contributed by atoms with Gasteiger partial charge in [-0.1, -0.05) is 13.3 Å². The van der Waals surface area contributed by atoms with Gasteiger partial charge in [0.1, 0.15) is 6.29 Å². The highest BCUT2D eigenvalue weighted by Gasteiger charge is 2.36. The molecule has 0 bridgehead atoms. The second-order valence-corrected chi connectivity index (χ2v) is 6.69. The van der Waals surface area contributed by atoms with Crippen molar-refractivity contribution in [2.75, 3.05) is 40.1 Å². The molecule has 1 heterocycles. The summed E-state index contributed by atoms with van der Waals surface area (Å²) < 4.78 is 22.1. The second kappa shape index (κ2) is 10.4. The van der Waals surface area contributed by atoms with Crippen molar-refractivity contribution in [2.45, 2.75) is 39.0 Å². The molecular weight excluding hydrogens is 320 g/mol. The van der Waals surface area contributed by atoms with E-state index in [2.05, 4.69) is 6.92 Å². The Kier molecular flexibility index (Phi) is 8.22. The number of hydrogen-bond donors (Lipinski definition) is 0. The number of methoxy groups -OCH3 is 1. The Balaban J connectivity index is 1.51. The third-order valence-corrected chi connectivity index (χ3v) is 4.74. The van der Waals surface area contributed by atoms with Crippen LogP contribution in [0.15, 0.2) is 18.2 Å². The maximum Gasteiger partial charge on any atom is 0.161 e. The normalized spacial score (nSPS) is 15.4. The van der Waals surface area contributed by atoms with Gasteiger partial charge in [-0.05, 0) is 43.9 Å². The number of ether oxygens (including phenoxy) is 4. The van der Waals surface area contributed by atoms with Crippen molar-refractivity contribution >= 4 is 6.29 Å². The summed E-state index contributed by atoms with van der Waals surface area (Å²) in [6.45, 7) is 6.18. The van der Waals surface area contributed by atoms with Gasteiger partial charge in [0.25, 0.3) is 0 Å². The summed E-state index contributed by atoms with van der Waals surface area (Å²) in [6, 6.07) is 5.21. The van der Waals surface area contributed by atoms with Gasteiger partial charge in [-0.3, -0.25) is 4.79 Å². The van der Waals surface area contributed by atoms with Crippen LogP contribution in [0, 0.1) is 5.41 Å². The fourth-order valence-electron chi connectivity index (χ4n) is 2.79. The van der Waals surface area contributed by atoms with E-state index in [4.69, 9.17) is 18.9 Å². The maximum absolute atomic E-state index is 10.8. The predicted molar refractivity (Wildman–Crippen MR) is 96.7 cm³/mol. The van der Waals surface area contributed by atoms with E-state index in [1.807, 2.05) is 0 Å². The summed E-state index contributed by atoms with van der Waals surface area (Å²) in [4.78, 5) is 10.8. The van der Waals surface area contributed by atoms with Gasteiger partial charge in [0, 0.05) is 17.6 Å². The first-order valence-electron chi connectivity index (χ1n) is 9.14. The van der Waals surface area contributed by atoms with Crippen LogP contribution in [-0.4, -0.2) is 46.4 Å². The molecule has 1 aliphatic heterocycles. The smallest absolute Gasteiger partial charge is 0.161 e. The lowest BCUT2D eigenvalue weighted by Crippen LogP contribution is -2.45. The quantitative estimate of drug-likeness (QED) is 0.399. The molecule has 5 nitrogen and oxygen atoms in total. The minimum atomic E-state index is 0.284. The molecule has 0 spiro atoms. The predicted octanol–water partition coefficient (Wildman–Crippen LogP) is 3.89. The first-order valence-corrected chi connectivity index (χ1v) is 9.14. The summed E-state index contributed by atoms with van der Waals surface area (Å²) in [7, 11) is 1.58. The molecule has 1 saturated heterocycles. The molecule has 5 heteroatoms. The first kappa shape index (κ1) is 19.7. The van der Waals surface area contributed by atoms with Crippen molar-refractivity contribution in [2.24, 2.45) is 5.41 Å². The average Bonchev–Trinajstić information content (AvgIpc) is 2.62. The van der Waals surface area contributed by atoms with Crippen LogP contribution in [0.2, 0.25) is 0 Å². The minimum Gasteiger partial charge on any atom is -0.493 e. The van der Waals surface area contributed by atoms with Gasteiger partial charge in [0.15, 0.2) is 11.5 Å². The third-order valence-electron chi connectivity index (χ3n) is 4.74. The second-order valence-electron chi connectivity index (χ2n) is 6.69. The maximum atomic E-state index is 10.8. The van der Waals surface area contributed by atoms with Crippen molar-refractivity contribution in [1.29, 1.82) is 0 Å². The molecule has 0 N–H and O–H groups in total. The molecule has 1 aromatic rings. The zero-order valence-corrected chi connectivity index (χ0v) is 15.4. The summed E-state index contributed by atoms with van der Waals surface area (Å²) in [5, 5.41) is 0. The molecule has 0 saturated carbocycles. The molecule has 0 atom stereocenters. The van der Waals surface area contributed by atoms with Crippen LogP contribution in [0.25, 0.3) is 0 Å². The Hall–Kier alpha value is -1.59. The summed E-state index contributed by atoms with van der Waals surface area (Å²) in [6.07, 6.45) is 6.25. The van der Waals surface area contributed by atoms with Crippen molar-refractivity contribution in [3.8, 4) is 11.5 Å². The Morgan fingerprint density at radius 3 is 2.48 bits per heavy atom. The van der Waals surface area contributed by atoms with Crippen LogP contribution < -0.4 is 9.47 Å². The number of aldehydes is 1. The summed E-state index contributed by atoms with van der Waals surface area (Å²) in [5.41, 5.74) is 0.870. The van der Waals surface area contributed by atoms with Crippen LogP contribution in [-0.2, 0) is 9.47 Å². The van der Waals surface area contributed by atoms with E-state index in [0.29, 0.717) is 23.7 Å². The largest absolute Gasteiger partial charge is 0.493 e. The molecule has 0 amide bonds. The van der Waals surface area contributed by atoms with Gasteiger partial charge in [-0.2, -0.15) is 0 Å². The van der Waals surface area contributed by atoms with E-state index in [1.165, 1.54) is 0 Å². The molecule has 0 aliphatic carbocycles. The van der Waals surface area contributed by atoms with Crippen molar-refractivity contribution < 1.29 is 23.7 Å². The minimum absolute atomic E-state index is 0.284. The molecule has 1 aliphatic rings. The van der Waals surface area contributed by atoms with Crippen LogP contribution in [0.3, 0.4) is 0 Å². The average molecular weight is 350 g/mol. The van der Waals surface area contributed by atoms with E-state index < -0.39 is 0 Å². The van der Waals surface area contributed by atoms with Gasteiger partial charge in [-0.25, -0.2) is 0 Å². The number of rotatable bonds is 13. The lowest BCUT2D eigenvalue weighted by Gasteiger charge is -2.40. The zero-order valence-electron chi connectivity index (χ0n) is 15.4. The van der Waals surface area contributed by atoms with Gasteiger partial charge in [-0.15, -0.1) is 0 Å². The Bertz CT molecular complexity index is 519. The molecule has 0 unspecified atom stereocenters. The number of benzene rings is 1. The molecule has 1 aromatic carbocycles. The van der Waals surface area contributed by atoms with Crippen LogP contribution in [0.5, 0.6) is 11.5 Å². The lowest BCUT2D eigenvalue weighted by molar-refractivity contribution is -0.150. The fraction of sp³-hybridized carbons (Fsp3) is 0.650.